The van der Waals surface area contributed by atoms with E-state index in [1.807, 2.05) is 0 Å². The Bertz CT molecular complexity index is 8.00. The van der Waals surface area contributed by atoms with Crippen molar-refractivity contribution in [2.24, 2.45) is 0 Å². The number of hydrogen-bond acceptors (Lipinski definition) is 1. The van der Waals surface area contributed by atoms with Crippen molar-refractivity contribution in [2.45, 2.75) is 0 Å². The molecule has 0 saturated heterocycles. The molecular weight excluding hydrogens is 150 g/mol. The van der Waals surface area contributed by atoms with E-state index >= 15 is 0 Å². The van der Waals surface area contributed by atoms with Crippen LogP contribution in [0.2, 0.25) is 0 Å². The first-order chi connectivity index (χ1) is 1.00. The van der Waals surface area contributed by atoms with Gasteiger partial charge in [0.2, 0.25) is 0 Å². The van der Waals surface area contributed by atoms with Crippen molar-refractivity contribution < 1.29 is 37.1 Å². The van der Waals surface area contributed by atoms with Gasteiger partial charge in [0, 0.05) is 17.4 Å². The molecule has 0 N–H and O–H groups in total. The molecule has 0 saturated carbocycles. The average molecular weight is 153 g/mol. The van der Waals surface area contributed by atoms with Crippen molar-refractivity contribution in [3.05, 3.63) is 0 Å². The summed E-state index contributed by atoms with van der Waals surface area (Å²) in [6.45, 7) is 0. The van der Waals surface area contributed by atoms with E-state index in [2.05, 4.69) is 0 Å². The molecule has 1 nitrogen and oxygen atoms in total. The predicted octanol–water partition coefficient (Wildman–Crippen LogP) is -1.31. The van der Waals surface area contributed by atoms with E-state index < -0.39 is 0 Å². The third kappa shape index (κ3) is 10.0. The van der Waals surface area contributed by atoms with E-state index in [1.165, 1.54) is 0 Å². The van der Waals surface area contributed by atoms with Crippen molar-refractivity contribution in [3.63, 3.8) is 0 Å². The quantitative estimate of drug-likeness (QED) is 0.395. The van der Waals surface area contributed by atoms with Crippen LogP contribution in [0.4, 0.5) is 0 Å². The Balaban J connectivity index is -0.00000000500. The van der Waals surface area contributed by atoms with Crippen LogP contribution in [-0.4, -0.2) is 17.4 Å². The normalized spacial score (nSPS) is 1.00. The molecule has 0 atom stereocenters. The summed E-state index contributed by atoms with van der Waals surface area (Å²) in [6.07, 6.45) is 0. The molecule has 0 aliphatic heterocycles. The summed E-state index contributed by atoms with van der Waals surface area (Å²) in [5, 5.41) is 0. The summed E-state index contributed by atoms with van der Waals surface area (Å²) in [5.74, 6) is 0. The fraction of sp³-hybridized carbons (Fsp3) is 0. The van der Waals surface area contributed by atoms with Crippen LogP contribution < -0.4 is 0 Å². The molecule has 0 rings (SSSR count). The van der Waals surface area contributed by atoms with E-state index in [0.29, 0.717) is 0 Å². The van der Waals surface area contributed by atoms with E-state index in [4.69, 9.17) is 3.83 Å². The molecule has 0 radical (unpaired) electrons. The zero-order valence-corrected chi connectivity index (χ0v) is 3.65. The SMILES string of the molecule is [AlH3].[Cr].[O]=[Mn]. The minimum absolute atomic E-state index is 0. The van der Waals surface area contributed by atoms with Gasteiger partial charge in [0.1, 0.15) is 0 Å². The average Bonchev–Trinajstić information content (AvgIpc) is 1.00. The van der Waals surface area contributed by atoms with Crippen LogP contribution in [0.5, 0.6) is 0 Å². The monoisotopic (exact) mass is 153 g/mol. The van der Waals surface area contributed by atoms with Gasteiger partial charge in [-0.2, -0.15) is 0 Å². The summed E-state index contributed by atoms with van der Waals surface area (Å²) in [4.78, 5) is 0. The van der Waals surface area contributed by atoms with Gasteiger partial charge in [-0.15, -0.1) is 0 Å². The van der Waals surface area contributed by atoms with Crippen molar-refractivity contribution >= 4 is 17.4 Å². The first kappa shape index (κ1) is 18.2. The molecule has 0 unspecified atom stereocenters. The van der Waals surface area contributed by atoms with Crippen LogP contribution in [0, 0.1) is 0 Å². The zero-order chi connectivity index (χ0) is 2.00. The fourth-order valence-corrected chi connectivity index (χ4v) is 0. The first-order valence-electron chi connectivity index (χ1n) is 0.154. The first-order valence-corrected chi connectivity index (χ1v) is 0.636. The second kappa shape index (κ2) is 26.2. The second-order valence-corrected chi connectivity index (χ2v) is 0. The van der Waals surface area contributed by atoms with Crippen molar-refractivity contribution in [1.29, 1.82) is 0 Å². The van der Waals surface area contributed by atoms with Crippen LogP contribution in [0.15, 0.2) is 0 Å². The Morgan fingerprint density at radius 2 is 1.25 bits per heavy atom. The molecule has 0 aliphatic rings. The van der Waals surface area contributed by atoms with Crippen molar-refractivity contribution in [3.8, 4) is 0 Å². The van der Waals surface area contributed by atoms with Crippen LogP contribution in [0.3, 0.4) is 0 Å². The minimum atomic E-state index is 0. The van der Waals surface area contributed by atoms with Gasteiger partial charge in [-0.1, -0.05) is 0 Å². The maximum absolute atomic E-state index is 8.06. The summed E-state index contributed by atoms with van der Waals surface area (Å²) >= 11 is 1.69. The molecule has 0 aromatic heterocycles. The molecule has 0 aromatic rings. The Morgan fingerprint density at radius 1 is 1.25 bits per heavy atom. The van der Waals surface area contributed by atoms with Gasteiger partial charge >= 0.3 is 19.8 Å². The molecule has 4 heteroatoms. The third-order valence-corrected chi connectivity index (χ3v) is 0. The Labute approximate surface area is 54.4 Å². The molecule has 0 fully saturated rings. The van der Waals surface area contributed by atoms with Gasteiger partial charge in [0.15, 0.2) is 17.4 Å². The third-order valence-electron chi connectivity index (χ3n) is 0. The van der Waals surface area contributed by atoms with E-state index in [1.54, 1.807) is 15.9 Å². The predicted molar refractivity (Wildman–Crippen MR) is 10.6 cm³/mol. The van der Waals surface area contributed by atoms with E-state index in [9.17, 15) is 0 Å². The van der Waals surface area contributed by atoms with Gasteiger partial charge in [-0.05, 0) is 0 Å². The molecule has 0 spiro atoms. The summed E-state index contributed by atoms with van der Waals surface area (Å²) in [7, 11) is 0. The number of hydrogen-bond donors (Lipinski definition) is 0. The van der Waals surface area contributed by atoms with Gasteiger partial charge in [-0.3, -0.25) is 0 Å². The molecule has 0 aliphatic carbocycles. The van der Waals surface area contributed by atoms with Crippen LogP contribution in [-0.2, 0) is 37.1 Å². The van der Waals surface area contributed by atoms with Crippen LogP contribution in [0.25, 0.3) is 0 Å². The summed E-state index contributed by atoms with van der Waals surface area (Å²) in [5.41, 5.74) is 0. The topological polar surface area (TPSA) is 17.1 Å². The maximum atomic E-state index is 8.06. The number of rotatable bonds is 0. The molecular formula is H3AlCrMnO. The molecule has 4 heavy (non-hydrogen) atoms. The summed E-state index contributed by atoms with van der Waals surface area (Å²) in [6, 6.07) is 0. The standard InChI is InChI=1S/Al.Cr.Mn.O.3H. The molecule has 0 heterocycles. The zero-order valence-electron chi connectivity index (χ0n) is 1.19. The Kier molecular flexibility index (Phi) is 119. The second-order valence-electron chi connectivity index (χ2n) is 0. The van der Waals surface area contributed by atoms with Crippen LogP contribution in [0.1, 0.15) is 0 Å². The van der Waals surface area contributed by atoms with E-state index in [-0.39, 0.29) is 34.7 Å². The fourth-order valence-electron chi connectivity index (χ4n) is 0. The Morgan fingerprint density at radius 3 is 1.25 bits per heavy atom. The molecule has 0 amide bonds. The molecule has 25 valence electrons. The van der Waals surface area contributed by atoms with E-state index in [0.717, 1.165) is 0 Å². The summed E-state index contributed by atoms with van der Waals surface area (Å²) < 4.78 is 8.06. The van der Waals surface area contributed by atoms with Crippen molar-refractivity contribution in [1.82, 2.24) is 0 Å². The Hall–Kier alpha value is 1.38. The molecule has 0 bridgehead atoms. The van der Waals surface area contributed by atoms with Crippen molar-refractivity contribution in [2.75, 3.05) is 0 Å². The van der Waals surface area contributed by atoms with Crippen LogP contribution >= 0.6 is 0 Å². The van der Waals surface area contributed by atoms with Gasteiger partial charge < -0.3 is 0 Å². The van der Waals surface area contributed by atoms with Gasteiger partial charge in [0.25, 0.3) is 0 Å². The molecule has 0 aromatic carbocycles. The van der Waals surface area contributed by atoms with Gasteiger partial charge in [-0.25, -0.2) is 0 Å². The van der Waals surface area contributed by atoms with Gasteiger partial charge in [0.05, 0.1) is 0 Å².